The number of halogens is 1. The summed E-state index contributed by atoms with van der Waals surface area (Å²) in [5, 5.41) is 10.0. The van der Waals surface area contributed by atoms with Crippen LogP contribution in [0.2, 0.25) is 0 Å². The molecule has 15 nitrogen and oxygen atoms in total. The molecule has 2 fully saturated rings. The first-order valence-corrected chi connectivity index (χ1v) is 15.1. The summed E-state index contributed by atoms with van der Waals surface area (Å²) in [6, 6.07) is 0. The van der Waals surface area contributed by atoms with Gasteiger partial charge in [-0.3, -0.25) is 14.4 Å². The highest BCUT2D eigenvalue weighted by Gasteiger charge is 2.50. The molecule has 9 atom stereocenters. The summed E-state index contributed by atoms with van der Waals surface area (Å²) in [6.45, 7) is 8.49. The molecule has 2 heterocycles. The van der Waals surface area contributed by atoms with Crippen molar-refractivity contribution in [2.75, 3.05) is 21.3 Å². The van der Waals surface area contributed by atoms with Crippen LogP contribution in [0, 0.1) is 10.5 Å². The van der Waals surface area contributed by atoms with E-state index in [-0.39, 0.29) is 29.2 Å². The summed E-state index contributed by atoms with van der Waals surface area (Å²) in [7, 11) is 4.03. The second kappa shape index (κ2) is 15.6. The Morgan fingerprint density at radius 3 is 1.84 bits per heavy atom. The van der Waals surface area contributed by atoms with Gasteiger partial charge in [0.2, 0.25) is 12.0 Å². The summed E-state index contributed by atoms with van der Waals surface area (Å²) < 4.78 is 57.0. The third kappa shape index (κ3) is 8.27. The standard InChI is InChI=1S/C29H39IO15/c1-11-19(28(35)44-21-12(2)39-18(34)10-17(21)41-14(4)31)23(36-7)26(38-9)24(20(11)30)45-29-27(43-16(6)33)25(37-8)22(13(3)40-29)42-15(5)32/h12-13,17-18,21-22,25,27,29,34H,10H2,1-9H3/t12-,13+,17+,18?,21-,22+,25-,27-,29+/m1/s1. The third-order valence-corrected chi connectivity index (χ3v) is 8.49. The molecule has 0 radical (unpaired) electrons. The van der Waals surface area contributed by atoms with Crippen molar-refractivity contribution in [1.29, 1.82) is 0 Å². The lowest BCUT2D eigenvalue weighted by Crippen LogP contribution is -2.61. The highest BCUT2D eigenvalue weighted by molar-refractivity contribution is 14.1. The molecule has 1 N–H and O–H groups in total. The number of rotatable bonds is 10. The molecule has 2 aliphatic rings. The van der Waals surface area contributed by atoms with Gasteiger partial charge in [0.15, 0.2) is 36.1 Å². The van der Waals surface area contributed by atoms with Crippen LogP contribution in [0.1, 0.15) is 57.0 Å². The van der Waals surface area contributed by atoms with E-state index in [0.717, 1.165) is 0 Å². The van der Waals surface area contributed by atoms with Gasteiger partial charge in [-0.2, -0.15) is 0 Å². The number of carbonyl (C=O) groups excluding carboxylic acids is 4. The van der Waals surface area contributed by atoms with E-state index in [9.17, 15) is 24.3 Å². The molecule has 0 saturated carbocycles. The Labute approximate surface area is 274 Å². The van der Waals surface area contributed by atoms with Crippen LogP contribution < -0.4 is 14.2 Å². The molecule has 45 heavy (non-hydrogen) atoms. The van der Waals surface area contributed by atoms with E-state index in [1.165, 1.54) is 42.1 Å². The van der Waals surface area contributed by atoms with Gasteiger partial charge in [0.05, 0.1) is 30.0 Å². The number of hydrogen-bond acceptors (Lipinski definition) is 15. The van der Waals surface area contributed by atoms with Gasteiger partial charge in [-0.05, 0) is 48.9 Å². The fourth-order valence-electron chi connectivity index (χ4n) is 5.32. The van der Waals surface area contributed by atoms with E-state index in [2.05, 4.69) is 0 Å². The largest absolute Gasteiger partial charge is 0.492 e. The minimum atomic E-state index is -1.28. The Balaban J connectivity index is 2.04. The van der Waals surface area contributed by atoms with Crippen molar-refractivity contribution in [2.45, 2.75) is 103 Å². The minimum Gasteiger partial charge on any atom is -0.492 e. The van der Waals surface area contributed by atoms with Crippen LogP contribution >= 0.6 is 22.6 Å². The third-order valence-electron chi connectivity index (χ3n) is 7.19. The molecule has 1 aromatic carbocycles. The van der Waals surface area contributed by atoms with Crippen molar-refractivity contribution in [3.8, 4) is 17.2 Å². The van der Waals surface area contributed by atoms with Crippen molar-refractivity contribution in [2.24, 2.45) is 0 Å². The van der Waals surface area contributed by atoms with Crippen LogP contribution in [0.4, 0.5) is 0 Å². The van der Waals surface area contributed by atoms with E-state index in [1.54, 1.807) is 20.8 Å². The van der Waals surface area contributed by atoms with E-state index in [0.29, 0.717) is 9.13 Å². The summed E-state index contributed by atoms with van der Waals surface area (Å²) in [5.74, 6) is -2.66. The van der Waals surface area contributed by atoms with Crippen LogP contribution in [0.3, 0.4) is 0 Å². The molecular formula is C29H39IO15. The quantitative estimate of drug-likeness (QED) is 0.209. The van der Waals surface area contributed by atoms with Crippen molar-refractivity contribution in [3.05, 3.63) is 14.7 Å². The highest BCUT2D eigenvalue weighted by Crippen LogP contribution is 2.47. The lowest BCUT2D eigenvalue weighted by Gasteiger charge is -2.43. The molecule has 252 valence electrons. The Morgan fingerprint density at radius 2 is 1.31 bits per heavy atom. The van der Waals surface area contributed by atoms with Crippen molar-refractivity contribution < 1.29 is 71.7 Å². The average Bonchev–Trinajstić information content (AvgIpc) is 2.94. The number of aliphatic hydroxyl groups excluding tert-OH is 1. The predicted octanol–water partition coefficient (Wildman–Crippen LogP) is 2.20. The Morgan fingerprint density at radius 1 is 0.756 bits per heavy atom. The zero-order valence-electron chi connectivity index (χ0n) is 26.4. The zero-order chi connectivity index (χ0) is 33.7. The molecular weight excluding hydrogens is 715 g/mol. The van der Waals surface area contributed by atoms with Crippen LogP contribution in [0.25, 0.3) is 0 Å². The van der Waals surface area contributed by atoms with Crippen molar-refractivity contribution in [3.63, 3.8) is 0 Å². The zero-order valence-corrected chi connectivity index (χ0v) is 28.6. The second-order valence-corrected chi connectivity index (χ2v) is 11.5. The van der Waals surface area contributed by atoms with Crippen LogP contribution in [0.5, 0.6) is 17.2 Å². The maximum atomic E-state index is 13.7. The van der Waals surface area contributed by atoms with E-state index in [1.807, 2.05) is 22.6 Å². The maximum absolute atomic E-state index is 13.7. The molecule has 1 aromatic rings. The molecule has 2 aliphatic heterocycles. The average molecular weight is 755 g/mol. The summed E-state index contributed by atoms with van der Waals surface area (Å²) in [5.41, 5.74) is 0.362. The molecule has 0 bridgehead atoms. The Kier molecular flexibility index (Phi) is 12.6. The molecule has 0 amide bonds. The first-order valence-electron chi connectivity index (χ1n) is 14.0. The van der Waals surface area contributed by atoms with Gasteiger partial charge in [0, 0.05) is 34.3 Å². The van der Waals surface area contributed by atoms with Crippen LogP contribution in [-0.2, 0) is 47.5 Å². The predicted molar refractivity (Wildman–Crippen MR) is 160 cm³/mol. The lowest BCUT2D eigenvalue weighted by atomic mass is 9.98. The smallest absolute Gasteiger partial charge is 0.342 e. The first-order chi connectivity index (χ1) is 21.1. The van der Waals surface area contributed by atoms with Gasteiger partial charge >= 0.3 is 23.9 Å². The Hall–Kier alpha value is -2.93. The fourth-order valence-corrected chi connectivity index (χ4v) is 5.96. The van der Waals surface area contributed by atoms with Gasteiger partial charge in [-0.15, -0.1) is 0 Å². The van der Waals surface area contributed by atoms with E-state index in [4.69, 9.17) is 47.4 Å². The maximum Gasteiger partial charge on any atom is 0.342 e. The van der Waals surface area contributed by atoms with E-state index < -0.39 is 79.2 Å². The number of methoxy groups -OCH3 is 3. The normalized spacial score (nSPS) is 29.6. The summed E-state index contributed by atoms with van der Waals surface area (Å²) in [6.07, 6.45) is -9.24. The van der Waals surface area contributed by atoms with E-state index >= 15 is 0 Å². The van der Waals surface area contributed by atoms with Gasteiger partial charge in [-0.1, -0.05) is 0 Å². The van der Waals surface area contributed by atoms with Crippen molar-refractivity contribution in [1.82, 2.24) is 0 Å². The summed E-state index contributed by atoms with van der Waals surface area (Å²) in [4.78, 5) is 49.3. The molecule has 0 aliphatic carbocycles. The second-order valence-electron chi connectivity index (χ2n) is 10.4. The SMILES string of the molecule is COc1c(O[C@@H]2O[C@@H](C)[C@H](OC(C)=O)[C@@H](OC)[C@H]2OC(C)=O)c(I)c(C)c(C(=O)O[C@H]2[C@@H](OC(C)=O)CC(O)O[C@@H]2C)c1OC. The first kappa shape index (κ1) is 36.5. The minimum absolute atomic E-state index is 0.00625. The number of carbonyl (C=O) groups is 4. The molecule has 2 saturated heterocycles. The number of benzene rings is 1. The monoisotopic (exact) mass is 754 g/mol. The molecule has 3 rings (SSSR count). The van der Waals surface area contributed by atoms with Gasteiger partial charge in [0.25, 0.3) is 0 Å². The van der Waals surface area contributed by atoms with Crippen LogP contribution in [-0.4, -0.2) is 106 Å². The molecule has 1 unspecified atom stereocenters. The number of ether oxygens (including phenoxy) is 10. The molecule has 0 spiro atoms. The fraction of sp³-hybridized carbons (Fsp3) is 0.655. The Bertz CT molecular complexity index is 1270. The topological polar surface area (TPSA) is 181 Å². The number of aliphatic hydroxyl groups is 1. The number of esters is 4. The number of hydrogen-bond donors (Lipinski definition) is 1. The lowest BCUT2D eigenvalue weighted by molar-refractivity contribution is -0.281. The summed E-state index contributed by atoms with van der Waals surface area (Å²) >= 11 is 1.95. The van der Waals surface area contributed by atoms with Crippen LogP contribution in [0.15, 0.2) is 0 Å². The van der Waals surface area contributed by atoms with Gasteiger partial charge < -0.3 is 52.5 Å². The van der Waals surface area contributed by atoms with Crippen molar-refractivity contribution >= 4 is 46.5 Å². The molecule has 16 heteroatoms. The highest BCUT2D eigenvalue weighted by atomic mass is 127. The van der Waals surface area contributed by atoms with Gasteiger partial charge in [-0.25, -0.2) is 4.79 Å². The molecule has 0 aromatic heterocycles. The van der Waals surface area contributed by atoms with Gasteiger partial charge in [0.1, 0.15) is 17.8 Å².